The first-order valence-corrected chi connectivity index (χ1v) is 6.82. The van der Waals surface area contributed by atoms with E-state index in [0.29, 0.717) is 43.8 Å². The maximum atomic E-state index is 12.3. The first-order valence-electron chi connectivity index (χ1n) is 6.82. The Morgan fingerprint density at radius 3 is 2.80 bits per heavy atom. The number of imidazole rings is 1. The highest BCUT2D eigenvalue weighted by Gasteiger charge is 2.19. The van der Waals surface area contributed by atoms with Gasteiger partial charge in [-0.2, -0.15) is 0 Å². The van der Waals surface area contributed by atoms with Crippen molar-refractivity contribution in [3.63, 3.8) is 0 Å². The molecule has 2 heterocycles. The van der Waals surface area contributed by atoms with Gasteiger partial charge in [0.25, 0.3) is 0 Å². The molecule has 2 aromatic rings. The maximum absolute atomic E-state index is 12.3. The molecule has 1 aromatic carbocycles. The fourth-order valence-electron chi connectivity index (χ4n) is 2.56. The SMILES string of the molecule is Cn1cnc2cc(C(=O)CN3CCC(=O)CC3)ccc21. The summed E-state index contributed by atoms with van der Waals surface area (Å²) in [5.41, 5.74) is 2.55. The number of carbonyl (C=O) groups is 2. The van der Waals surface area contributed by atoms with Gasteiger partial charge in [-0.05, 0) is 18.2 Å². The van der Waals surface area contributed by atoms with Crippen LogP contribution < -0.4 is 0 Å². The Bertz CT molecular complexity index is 665. The number of piperidine rings is 1. The molecule has 0 atom stereocenters. The summed E-state index contributed by atoms with van der Waals surface area (Å²) in [4.78, 5) is 29.8. The largest absolute Gasteiger partial charge is 0.334 e. The number of aromatic nitrogens is 2. The van der Waals surface area contributed by atoms with Crippen LogP contribution in [0.1, 0.15) is 23.2 Å². The highest BCUT2D eigenvalue weighted by Crippen LogP contribution is 2.15. The Morgan fingerprint density at radius 2 is 2.05 bits per heavy atom. The molecule has 1 aromatic heterocycles. The molecule has 1 fully saturated rings. The summed E-state index contributed by atoms with van der Waals surface area (Å²) in [6.45, 7) is 1.76. The summed E-state index contributed by atoms with van der Waals surface area (Å²) in [5.74, 6) is 0.385. The fraction of sp³-hybridized carbons (Fsp3) is 0.400. The van der Waals surface area contributed by atoms with Crippen molar-refractivity contribution < 1.29 is 9.59 Å². The van der Waals surface area contributed by atoms with Crippen LogP contribution in [0.2, 0.25) is 0 Å². The molecule has 1 aliphatic heterocycles. The number of carbonyl (C=O) groups excluding carboxylic acids is 2. The smallest absolute Gasteiger partial charge is 0.176 e. The molecule has 0 saturated carbocycles. The van der Waals surface area contributed by atoms with E-state index in [1.54, 1.807) is 6.33 Å². The summed E-state index contributed by atoms with van der Waals surface area (Å²) in [7, 11) is 1.93. The summed E-state index contributed by atoms with van der Waals surface area (Å²) in [5, 5.41) is 0. The minimum atomic E-state index is 0.0897. The summed E-state index contributed by atoms with van der Waals surface area (Å²) < 4.78 is 1.93. The second kappa shape index (κ2) is 5.17. The van der Waals surface area contributed by atoms with E-state index >= 15 is 0 Å². The quantitative estimate of drug-likeness (QED) is 0.792. The number of aryl methyl sites for hydroxylation is 1. The number of fused-ring (bicyclic) bond motifs is 1. The number of hydrogen-bond donors (Lipinski definition) is 0. The third-order valence-corrected chi connectivity index (χ3v) is 3.83. The van der Waals surface area contributed by atoms with E-state index in [1.807, 2.05) is 34.7 Å². The van der Waals surface area contributed by atoms with E-state index in [2.05, 4.69) is 4.98 Å². The predicted octanol–water partition coefficient (Wildman–Crippen LogP) is 1.42. The number of nitrogens with zero attached hydrogens (tertiary/aromatic N) is 3. The van der Waals surface area contributed by atoms with Gasteiger partial charge < -0.3 is 4.57 Å². The van der Waals surface area contributed by atoms with Gasteiger partial charge in [-0.15, -0.1) is 0 Å². The first-order chi connectivity index (χ1) is 9.63. The van der Waals surface area contributed by atoms with Crippen molar-refractivity contribution in [2.45, 2.75) is 12.8 Å². The van der Waals surface area contributed by atoms with Gasteiger partial charge in [-0.3, -0.25) is 14.5 Å². The molecule has 0 spiro atoms. The van der Waals surface area contributed by atoms with Crippen LogP contribution >= 0.6 is 0 Å². The number of likely N-dealkylation sites (tertiary alicyclic amines) is 1. The number of ketones is 2. The zero-order valence-corrected chi connectivity index (χ0v) is 11.5. The topological polar surface area (TPSA) is 55.2 Å². The van der Waals surface area contributed by atoms with Gasteiger partial charge in [0.1, 0.15) is 5.78 Å². The molecular formula is C15H17N3O2. The van der Waals surface area contributed by atoms with E-state index in [1.165, 1.54) is 0 Å². The Morgan fingerprint density at radius 1 is 1.30 bits per heavy atom. The van der Waals surface area contributed by atoms with E-state index in [0.717, 1.165) is 11.0 Å². The van der Waals surface area contributed by atoms with Crippen molar-refractivity contribution in [1.82, 2.24) is 14.5 Å². The second-order valence-corrected chi connectivity index (χ2v) is 5.30. The zero-order chi connectivity index (χ0) is 14.1. The minimum Gasteiger partial charge on any atom is -0.334 e. The van der Waals surface area contributed by atoms with Crippen LogP contribution in [0.3, 0.4) is 0 Å². The second-order valence-electron chi connectivity index (χ2n) is 5.30. The van der Waals surface area contributed by atoms with Gasteiger partial charge in [0.2, 0.25) is 0 Å². The molecule has 3 rings (SSSR count). The Balaban J connectivity index is 1.73. The van der Waals surface area contributed by atoms with Crippen LogP contribution in [0.25, 0.3) is 11.0 Å². The molecule has 1 aliphatic rings. The lowest BCUT2D eigenvalue weighted by atomic mass is 10.1. The lowest BCUT2D eigenvalue weighted by molar-refractivity contribution is -0.121. The van der Waals surface area contributed by atoms with Crippen molar-refractivity contribution in [2.75, 3.05) is 19.6 Å². The molecule has 0 aliphatic carbocycles. The van der Waals surface area contributed by atoms with Crippen molar-refractivity contribution in [3.8, 4) is 0 Å². The molecule has 104 valence electrons. The number of Topliss-reactive ketones (excluding diaryl/α,β-unsaturated/α-hetero) is 2. The summed E-state index contributed by atoms with van der Waals surface area (Å²) >= 11 is 0. The van der Waals surface area contributed by atoms with E-state index in [4.69, 9.17) is 0 Å². The zero-order valence-electron chi connectivity index (χ0n) is 11.5. The van der Waals surface area contributed by atoms with Crippen LogP contribution in [0.4, 0.5) is 0 Å². The van der Waals surface area contributed by atoms with Crippen LogP contribution in [-0.4, -0.2) is 45.7 Å². The van der Waals surface area contributed by atoms with Crippen molar-refractivity contribution in [2.24, 2.45) is 7.05 Å². The normalized spacial score (nSPS) is 16.8. The van der Waals surface area contributed by atoms with Gasteiger partial charge >= 0.3 is 0 Å². The lowest BCUT2D eigenvalue weighted by Crippen LogP contribution is -2.37. The van der Waals surface area contributed by atoms with Crippen LogP contribution in [0.5, 0.6) is 0 Å². The number of rotatable bonds is 3. The predicted molar refractivity (Wildman–Crippen MR) is 75.7 cm³/mol. The standard InChI is InChI=1S/C15H17N3O2/c1-17-10-16-13-8-11(2-3-14(13)17)15(20)9-18-6-4-12(19)5-7-18/h2-3,8,10H,4-7,9H2,1H3. The van der Waals surface area contributed by atoms with Gasteiger partial charge in [-0.1, -0.05) is 0 Å². The Kier molecular flexibility index (Phi) is 3.36. The molecule has 0 radical (unpaired) electrons. The van der Waals surface area contributed by atoms with Gasteiger partial charge in [0, 0.05) is 38.5 Å². The fourth-order valence-corrected chi connectivity index (χ4v) is 2.56. The number of hydrogen-bond acceptors (Lipinski definition) is 4. The summed E-state index contributed by atoms with van der Waals surface area (Å²) in [6, 6.07) is 5.61. The van der Waals surface area contributed by atoms with Crippen molar-refractivity contribution in [3.05, 3.63) is 30.1 Å². The molecule has 0 unspecified atom stereocenters. The van der Waals surface area contributed by atoms with Crippen molar-refractivity contribution in [1.29, 1.82) is 0 Å². The Labute approximate surface area is 117 Å². The highest BCUT2D eigenvalue weighted by molar-refractivity contribution is 6.00. The average Bonchev–Trinajstić information content (AvgIpc) is 2.82. The molecule has 1 saturated heterocycles. The molecule has 5 nitrogen and oxygen atoms in total. The van der Waals surface area contributed by atoms with Crippen LogP contribution in [0.15, 0.2) is 24.5 Å². The van der Waals surface area contributed by atoms with E-state index < -0.39 is 0 Å². The molecule has 0 bridgehead atoms. The Hall–Kier alpha value is -2.01. The first kappa shape index (κ1) is 13.0. The third-order valence-electron chi connectivity index (χ3n) is 3.83. The number of benzene rings is 1. The molecule has 20 heavy (non-hydrogen) atoms. The van der Waals surface area contributed by atoms with Crippen LogP contribution in [0, 0.1) is 0 Å². The maximum Gasteiger partial charge on any atom is 0.176 e. The monoisotopic (exact) mass is 271 g/mol. The molecule has 5 heteroatoms. The van der Waals surface area contributed by atoms with Crippen LogP contribution in [-0.2, 0) is 11.8 Å². The third kappa shape index (κ3) is 2.49. The molecule has 0 amide bonds. The summed E-state index contributed by atoms with van der Waals surface area (Å²) in [6.07, 6.45) is 2.87. The molecular weight excluding hydrogens is 254 g/mol. The average molecular weight is 271 g/mol. The van der Waals surface area contributed by atoms with Gasteiger partial charge in [0.05, 0.1) is 23.9 Å². The minimum absolute atomic E-state index is 0.0897. The highest BCUT2D eigenvalue weighted by atomic mass is 16.1. The van der Waals surface area contributed by atoms with Gasteiger partial charge in [-0.25, -0.2) is 4.98 Å². The van der Waals surface area contributed by atoms with Gasteiger partial charge in [0.15, 0.2) is 5.78 Å². The lowest BCUT2D eigenvalue weighted by Gasteiger charge is -2.24. The van der Waals surface area contributed by atoms with Crippen molar-refractivity contribution >= 4 is 22.6 Å². The van der Waals surface area contributed by atoms with E-state index in [-0.39, 0.29) is 5.78 Å². The molecule has 0 N–H and O–H groups in total. The van der Waals surface area contributed by atoms with E-state index in [9.17, 15) is 9.59 Å².